The topological polar surface area (TPSA) is 39.4 Å². The minimum Gasteiger partial charge on any atom is -0.481 e. The van der Waals surface area contributed by atoms with Gasteiger partial charge in [0.15, 0.2) is 5.76 Å². The molecule has 0 N–H and O–H groups in total. The Morgan fingerprint density at radius 3 is 2.41 bits per heavy atom. The fourth-order valence-electron chi connectivity index (χ4n) is 2.83. The summed E-state index contributed by atoms with van der Waals surface area (Å²) >= 11 is 12.3. The van der Waals surface area contributed by atoms with Crippen LogP contribution in [0, 0.1) is 0 Å². The van der Waals surface area contributed by atoms with Gasteiger partial charge < -0.3 is 9.15 Å². The van der Waals surface area contributed by atoms with Gasteiger partial charge in [0.05, 0.1) is 5.39 Å². The zero-order chi connectivity index (χ0) is 18.8. The average Bonchev–Trinajstić information content (AvgIpc) is 2.69. The maximum atomic E-state index is 13.1. The molecule has 5 heteroatoms. The number of halogens is 2. The summed E-state index contributed by atoms with van der Waals surface area (Å²) < 4.78 is 11.9. The van der Waals surface area contributed by atoms with Crippen molar-refractivity contribution in [3.8, 4) is 17.1 Å². The number of fused-ring (bicyclic) bond motifs is 1. The van der Waals surface area contributed by atoms with Crippen LogP contribution in [0.3, 0.4) is 0 Å². The van der Waals surface area contributed by atoms with Gasteiger partial charge in [0.1, 0.15) is 12.2 Å². The smallest absolute Gasteiger partial charge is 0.235 e. The minimum absolute atomic E-state index is 0.135. The van der Waals surface area contributed by atoms with Crippen LogP contribution in [0.15, 0.2) is 82.0 Å². The Bertz CT molecular complexity index is 1170. The van der Waals surface area contributed by atoms with E-state index in [0.29, 0.717) is 26.8 Å². The van der Waals surface area contributed by atoms with Gasteiger partial charge in [0.2, 0.25) is 11.2 Å². The molecular formula is C22H14Cl2O3. The van der Waals surface area contributed by atoms with E-state index >= 15 is 0 Å². The van der Waals surface area contributed by atoms with Crippen molar-refractivity contribution in [1.29, 1.82) is 0 Å². The van der Waals surface area contributed by atoms with Gasteiger partial charge in [-0.15, -0.1) is 0 Å². The van der Waals surface area contributed by atoms with Crippen molar-refractivity contribution in [3.63, 3.8) is 0 Å². The Labute approximate surface area is 165 Å². The number of hydrogen-bond donors (Lipinski definition) is 0. The largest absolute Gasteiger partial charge is 0.481 e. The molecule has 4 rings (SSSR count). The first kappa shape index (κ1) is 17.7. The molecule has 0 saturated carbocycles. The zero-order valence-corrected chi connectivity index (χ0v) is 15.6. The zero-order valence-electron chi connectivity index (χ0n) is 14.1. The summed E-state index contributed by atoms with van der Waals surface area (Å²) in [5.74, 6) is 0.512. The van der Waals surface area contributed by atoms with E-state index in [9.17, 15) is 4.79 Å². The Balaban J connectivity index is 1.87. The van der Waals surface area contributed by atoms with Crippen molar-refractivity contribution in [2.45, 2.75) is 6.61 Å². The first-order valence-corrected chi connectivity index (χ1v) is 9.07. The molecule has 0 atom stereocenters. The van der Waals surface area contributed by atoms with E-state index in [1.54, 1.807) is 24.3 Å². The highest BCUT2D eigenvalue weighted by Gasteiger charge is 2.18. The monoisotopic (exact) mass is 396 g/mol. The Kier molecular flexibility index (Phi) is 4.88. The lowest BCUT2D eigenvalue weighted by molar-refractivity contribution is 0.298. The summed E-state index contributed by atoms with van der Waals surface area (Å²) in [6.45, 7) is 0.149. The van der Waals surface area contributed by atoms with E-state index in [4.69, 9.17) is 32.4 Å². The average molecular weight is 397 g/mol. The molecule has 3 nitrogen and oxygen atoms in total. The lowest BCUT2D eigenvalue weighted by Crippen LogP contribution is -2.10. The number of hydrogen-bond acceptors (Lipinski definition) is 3. The van der Waals surface area contributed by atoms with Gasteiger partial charge in [-0.05, 0) is 24.3 Å². The van der Waals surface area contributed by atoms with E-state index in [1.807, 2.05) is 48.5 Å². The second-order valence-corrected chi connectivity index (χ2v) is 6.82. The molecule has 0 aliphatic carbocycles. The van der Waals surface area contributed by atoms with E-state index in [2.05, 4.69) is 0 Å². The molecular weight excluding hydrogens is 383 g/mol. The summed E-state index contributed by atoms with van der Waals surface area (Å²) in [7, 11) is 0. The molecule has 0 aliphatic heterocycles. The maximum Gasteiger partial charge on any atom is 0.235 e. The molecule has 3 aromatic carbocycles. The van der Waals surface area contributed by atoms with Gasteiger partial charge in [-0.25, -0.2) is 0 Å². The van der Waals surface area contributed by atoms with Crippen LogP contribution in [0.5, 0.6) is 5.75 Å². The minimum atomic E-state index is -0.273. The van der Waals surface area contributed by atoms with Crippen LogP contribution in [0.1, 0.15) is 5.56 Å². The number of ether oxygens (including phenoxy) is 1. The summed E-state index contributed by atoms with van der Waals surface area (Å²) in [4.78, 5) is 13.1. The predicted molar refractivity (Wildman–Crippen MR) is 109 cm³/mol. The normalized spacial score (nSPS) is 10.9. The van der Waals surface area contributed by atoms with E-state index in [-0.39, 0.29) is 17.8 Å². The van der Waals surface area contributed by atoms with Crippen LogP contribution in [0.25, 0.3) is 22.3 Å². The van der Waals surface area contributed by atoms with Crippen LogP contribution in [0.2, 0.25) is 10.0 Å². The summed E-state index contributed by atoms with van der Waals surface area (Å²) in [6, 6.07) is 21.7. The second kappa shape index (κ2) is 7.47. The van der Waals surface area contributed by atoms with Crippen molar-refractivity contribution in [1.82, 2.24) is 0 Å². The Morgan fingerprint density at radius 2 is 1.63 bits per heavy atom. The highest BCUT2D eigenvalue weighted by Crippen LogP contribution is 2.32. The summed E-state index contributed by atoms with van der Waals surface area (Å²) in [5, 5.41) is 1.41. The molecule has 0 bridgehead atoms. The van der Waals surface area contributed by atoms with E-state index in [1.165, 1.54) is 0 Å². The van der Waals surface area contributed by atoms with E-state index < -0.39 is 0 Å². The van der Waals surface area contributed by atoms with Crippen molar-refractivity contribution in [2.75, 3.05) is 0 Å². The van der Waals surface area contributed by atoms with Gasteiger partial charge in [0.25, 0.3) is 0 Å². The summed E-state index contributed by atoms with van der Waals surface area (Å²) in [5.41, 5.74) is 1.71. The third-order valence-corrected chi connectivity index (χ3v) is 4.78. The molecule has 0 fully saturated rings. The van der Waals surface area contributed by atoms with Crippen molar-refractivity contribution in [3.05, 3.63) is 98.6 Å². The standard InChI is InChI=1S/C22H14Cl2O3/c23-16-10-11-19-17(12-16)20(25)22(21(27-19)14-6-2-1-3-7-14)26-13-15-8-4-5-9-18(15)24/h1-12H,13H2. The van der Waals surface area contributed by atoms with Crippen LogP contribution in [-0.2, 0) is 6.61 Å². The quantitative estimate of drug-likeness (QED) is 0.403. The second-order valence-electron chi connectivity index (χ2n) is 5.98. The highest BCUT2D eigenvalue weighted by atomic mass is 35.5. The van der Waals surface area contributed by atoms with Gasteiger partial charge in [-0.1, -0.05) is 71.7 Å². The first-order valence-electron chi connectivity index (χ1n) is 8.31. The molecule has 1 aromatic heterocycles. The molecule has 0 amide bonds. The Hall–Kier alpha value is -2.75. The molecule has 27 heavy (non-hydrogen) atoms. The van der Waals surface area contributed by atoms with Gasteiger partial charge in [0, 0.05) is 21.2 Å². The van der Waals surface area contributed by atoms with Crippen LogP contribution in [-0.4, -0.2) is 0 Å². The van der Waals surface area contributed by atoms with Crippen molar-refractivity contribution < 1.29 is 9.15 Å². The highest BCUT2D eigenvalue weighted by molar-refractivity contribution is 6.31. The number of rotatable bonds is 4. The Morgan fingerprint density at radius 1 is 0.889 bits per heavy atom. The molecule has 0 radical (unpaired) electrons. The molecule has 4 aromatic rings. The van der Waals surface area contributed by atoms with Gasteiger partial charge >= 0.3 is 0 Å². The fourth-order valence-corrected chi connectivity index (χ4v) is 3.19. The lowest BCUT2D eigenvalue weighted by Gasteiger charge is -2.12. The molecule has 0 saturated heterocycles. The third-order valence-electron chi connectivity index (χ3n) is 4.18. The maximum absolute atomic E-state index is 13.1. The van der Waals surface area contributed by atoms with Gasteiger partial charge in [-0.3, -0.25) is 4.79 Å². The van der Waals surface area contributed by atoms with Crippen LogP contribution < -0.4 is 10.2 Å². The third kappa shape index (κ3) is 3.57. The number of benzene rings is 3. The van der Waals surface area contributed by atoms with Crippen molar-refractivity contribution in [2.24, 2.45) is 0 Å². The molecule has 134 valence electrons. The van der Waals surface area contributed by atoms with Crippen molar-refractivity contribution >= 4 is 34.2 Å². The first-order chi connectivity index (χ1) is 13.1. The molecule has 0 aliphatic rings. The van der Waals surface area contributed by atoms with Crippen LogP contribution >= 0.6 is 23.2 Å². The molecule has 0 unspecified atom stereocenters. The lowest BCUT2D eigenvalue weighted by atomic mass is 10.1. The SMILES string of the molecule is O=c1c(OCc2ccccc2Cl)c(-c2ccccc2)oc2ccc(Cl)cc12. The fraction of sp³-hybridized carbons (Fsp3) is 0.0455. The summed E-state index contributed by atoms with van der Waals surface area (Å²) in [6.07, 6.45) is 0. The van der Waals surface area contributed by atoms with Crippen LogP contribution in [0.4, 0.5) is 0 Å². The van der Waals surface area contributed by atoms with E-state index in [0.717, 1.165) is 11.1 Å². The molecule has 0 spiro atoms. The molecule has 1 heterocycles. The van der Waals surface area contributed by atoms with Gasteiger partial charge in [-0.2, -0.15) is 0 Å². The predicted octanol–water partition coefficient (Wildman–Crippen LogP) is 6.35.